The van der Waals surface area contributed by atoms with Crippen molar-refractivity contribution in [1.29, 1.82) is 0 Å². The van der Waals surface area contributed by atoms with Gasteiger partial charge in [0, 0.05) is 49.5 Å². The van der Waals surface area contributed by atoms with Crippen molar-refractivity contribution in [2.24, 2.45) is 5.73 Å². The van der Waals surface area contributed by atoms with Crippen LogP contribution in [0.25, 0.3) is 17.0 Å². The smallest absolute Gasteiger partial charge is 0.251 e. The second kappa shape index (κ2) is 13.3. The Morgan fingerprint density at radius 3 is 2.50 bits per heavy atom. The summed E-state index contributed by atoms with van der Waals surface area (Å²) in [7, 11) is 1.74. The summed E-state index contributed by atoms with van der Waals surface area (Å²) in [6.07, 6.45) is -3.10. The van der Waals surface area contributed by atoms with E-state index >= 15 is 0 Å². The van der Waals surface area contributed by atoms with E-state index in [4.69, 9.17) is 32.0 Å². The highest BCUT2D eigenvalue weighted by Crippen LogP contribution is 2.34. The number of Topliss-reactive ketones (excluding diaryl/α,β-unsaturated/α-hetero) is 1. The van der Waals surface area contributed by atoms with Crippen LogP contribution in [-0.2, 0) is 4.79 Å². The van der Waals surface area contributed by atoms with Crippen LogP contribution in [0, 0.1) is 6.92 Å². The van der Waals surface area contributed by atoms with E-state index < -0.39 is 12.5 Å². The summed E-state index contributed by atoms with van der Waals surface area (Å²) >= 11 is 6.56. The number of allylic oxidation sites excluding steroid dienone is 2. The van der Waals surface area contributed by atoms with Crippen LogP contribution >= 0.6 is 11.6 Å². The maximum atomic E-state index is 12.9. The molecule has 0 unspecified atom stereocenters. The summed E-state index contributed by atoms with van der Waals surface area (Å²) in [5.74, 6) is 1.06. The number of anilines is 1. The number of carbonyl (C=O) groups is 1. The van der Waals surface area contributed by atoms with E-state index in [1.54, 1.807) is 37.1 Å². The predicted octanol–water partition coefficient (Wildman–Crippen LogP) is 2.73. The number of hydrogen-bond acceptors (Lipinski definition) is 9. The van der Waals surface area contributed by atoms with E-state index in [1.807, 2.05) is 11.8 Å². The lowest BCUT2D eigenvalue weighted by atomic mass is 10.0. The molecular weight excluding hydrogens is 518 g/mol. The Morgan fingerprint density at radius 2 is 1.92 bits per heavy atom. The maximum Gasteiger partial charge on any atom is 0.251 e. The summed E-state index contributed by atoms with van der Waals surface area (Å²) in [6.45, 7) is 6.89. The fourth-order valence-corrected chi connectivity index (χ4v) is 4.60. The Balaban J connectivity index is 2.06. The first-order valence-corrected chi connectivity index (χ1v) is 12.8. The van der Waals surface area contributed by atoms with E-state index in [2.05, 4.69) is 5.32 Å². The summed E-state index contributed by atoms with van der Waals surface area (Å²) < 4.78 is 31.5. The normalized spacial score (nSPS) is 16.0. The second-order valence-electron chi connectivity index (χ2n) is 9.30. The van der Waals surface area contributed by atoms with E-state index in [9.17, 15) is 18.7 Å². The molecule has 1 saturated heterocycles. The molecule has 0 spiro atoms. The van der Waals surface area contributed by atoms with Crippen molar-refractivity contribution < 1.29 is 23.4 Å². The number of likely N-dealkylation sites (N-methyl/N-ethyl adjacent to an activating group) is 1. The Morgan fingerprint density at radius 1 is 1.24 bits per heavy atom. The number of carbonyl (C=O) groups excluding carboxylic acids is 1. The van der Waals surface area contributed by atoms with Gasteiger partial charge < -0.3 is 25.8 Å². The molecule has 1 fully saturated rings. The molecule has 2 heterocycles. The molecule has 1 aromatic carbocycles. The van der Waals surface area contributed by atoms with Crippen molar-refractivity contribution >= 4 is 28.8 Å². The number of aliphatic hydroxyl groups is 1. The number of ketones is 1. The van der Waals surface area contributed by atoms with Gasteiger partial charge in [0.2, 0.25) is 0 Å². The number of hydrogen-bond donors (Lipinski definition) is 3. The topological polar surface area (TPSA) is 117 Å². The van der Waals surface area contributed by atoms with Gasteiger partial charge in [-0.25, -0.2) is 18.7 Å². The van der Waals surface area contributed by atoms with Crippen molar-refractivity contribution in [3.63, 3.8) is 0 Å². The van der Waals surface area contributed by atoms with Gasteiger partial charge in [-0.1, -0.05) is 11.6 Å². The zero-order valence-electron chi connectivity index (χ0n) is 22.1. The van der Waals surface area contributed by atoms with Gasteiger partial charge in [0.05, 0.1) is 22.8 Å². The molecule has 1 atom stereocenters. The third-order valence-corrected chi connectivity index (χ3v) is 6.56. The fraction of sp³-hybridized carbons (Fsp3) is 0.500. The molecule has 0 aliphatic carbocycles. The first-order valence-electron chi connectivity index (χ1n) is 12.4. The van der Waals surface area contributed by atoms with Gasteiger partial charge in [-0.05, 0) is 46.0 Å². The molecule has 0 radical (unpaired) electrons. The number of alkyl halides is 2. The fourth-order valence-electron chi connectivity index (χ4n) is 4.40. The Hall–Kier alpha value is -2.86. The van der Waals surface area contributed by atoms with Gasteiger partial charge in [0.15, 0.2) is 11.6 Å². The van der Waals surface area contributed by atoms with Gasteiger partial charge in [0.25, 0.3) is 6.43 Å². The van der Waals surface area contributed by atoms with Crippen molar-refractivity contribution in [1.82, 2.24) is 20.2 Å². The lowest BCUT2D eigenvalue weighted by Gasteiger charge is -2.36. The van der Waals surface area contributed by atoms with Crippen LogP contribution < -0.4 is 20.7 Å². The summed E-state index contributed by atoms with van der Waals surface area (Å²) in [4.78, 5) is 25.8. The van der Waals surface area contributed by atoms with Gasteiger partial charge in [-0.15, -0.1) is 0 Å². The Bertz CT molecular complexity index is 1170. The Kier molecular flexibility index (Phi) is 10.4. The van der Waals surface area contributed by atoms with Crippen molar-refractivity contribution in [3.8, 4) is 17.1 Å². The molecule has 208 valence electrons. The zero-order chi connectivity index (χ0) is 28.0. The minimum absolute atomic E-state index is 0.0691. The molecule has 0 bridgehead atoms. The molecule has 3 rings (SSSR count). The number of aromatic nitrogens is 2. The number of ether oxygens (including phenoxy) is 1. The molecule has 1 aliphatic rings. The van der Waals surface area contributed by atoms with Gasteiger partial charge in [0.1, 0.15) is 24.3 Å². The highest BCUT2D eigenvalue weighted by molar-refractivity contribution is 6.33. The van der Waals surface area contributed by atoms with Crippen molar-refractivity contribution in [3.05, 3.63) is 40.2 Å². The lowest BCUT2D eigenvalue weighted by Crippen LogP contribution is -2.48. The van der Waals surface area contributed by atoms with Crippen LogP contribution in [0.2, 0.25) is 5.02 Å². The van der Waals surface area contributed by atoms with E-state index in [-0.39, 0.29) is 30.3 Å². The SMILES string of the molecule is CNC[C@@H](O)COc1ccc(Cl)c(-c2nc(C(C(C)=O)=C(C)N)c(C)c(N3CCN(CC(F)F)CC3)n2)c1. The van der Waals surface area contributed by atoms with Gasteiger partial charge in [-0.3, -0.25) is 9.69 Å². The zero-order valence-corrected chi connectivity index (χ0v) is 22.9. The maximum absolute atomic E-state index is 12.9. The van der Waals surface area contributed by atoms with Gasteiger partial charge in [-0.2, -0.15) is 0 Å². The number of nitrogens with one attached hydrogen (secondary N) is 1. The molecule has 38 heavy (non-hydrogen) atoms. The number of nitrogens with two attached hydrogens (primary N) is 1. The summed E-state index contributed by atoms with van der Waals surface area (Å²) in [5.41, 5.74) is 8.22. The standard InChI is InChI=1S/C26H35ClF2N6O3/c1-15-24(23(16(2)30)17(3)36)32-25(33-26(15)35-9-7-34(8-10-35)13-22(28)29)20-11-19(5-6-21(20)27)38-14-18(37)12-31-4/h5-6,11,18,22,31,37H,7-10,12-14,30H2,1-4H3/t18-/m1/s1. The molecular formula is C26H35ClF2N6O3. The van der Waals surface area contributed by atoms with Crippen LogP contribution in [0.15, 0.2) is 23.9 Å². The van der Waals surface area contributed by atoms with Crippen LogP contribution in [0.3, 0.4) is 0 Å². The third kappa shape index (κ3) is 7.37. The second-order valence-corrected chi connectivity index (χ2v) is 9.71. The van der Waals surface area contributed by atoms with Crippen LogP contribution in [0.1, 0.15) is 25.1 Å². The first kappa shape index (κ1) is 29.7. The number of rotatable bonds is 11. The number of aliphatic hydroxyl groups excluding tert-OH is 1. The van der Waals surface area contributed by atoms with Crippen LogP contribution in [-0.4, -0.2) is 91.2 Å². The molecule has 1 aromatic heterocycles. The minimum Gasteiger partial charge on any atom is -0.491 e. The molecule has 0 amide bonds. The van der Waals surface area contributed by atoms with Crippen LogP contribution in [0.4, 0.5) is 14.6 Å². The van der Waals surface area contributed by atoms with Crippen molar-refractivity contribution in [2.45, 2.75) is 33.3 Å². The molecule has 12 heteroatoms. The Labute approximate surface area is 226 Å². The number of halogens is 3. The average Bonchev–Trinajstić information content (AvgIpc) is 2.85. The van der Waals surface area contributed by atoms with Crippen molar-refractivity contribution in [2.75, 3.05) is 57.8 Å². The molecule has 2 aromatic rings. The summed E-state index contributed by atoms with van der Waals surface area (Å²) in [6, 6.07) is 5.01. The number of nitrogens with zero attached hydrogens (tertiary/aromatic N) is 4. The van der Waals surface area contributed by atoms with E-state index in [1.165, 1.54) is 6.92 Å². The van der Waals surface area contributed by atoms with E-state index in [0.29, 0.717) is 71.8 Å². The predicted molar refractivity (Wildman–Crippen MR) is 145 cm³/mol. The third-order valence-electron chi connectivity index (χ3n) is 6.23. The highest BCUT2D eigenvalue weighted by Gasteiger charge is 2.26. The molecule has 4 N–H and O–H groups in total. The largest absolute Gasteiger partial charge is 0.491 e. The molecule has 0 saturated carbocycles. The minimum atomic E-state index is -2.40. The van der Waals surface area contributed by atoms with Crippen LogP contribution in [0.5, 0.6) is 5.75 Å². The van der Waals surface area contributed by atoms with Gasteiger partial charge >= 0.3 is 0 Å². The quantitative estimate of drug-likeness (QED) is 0.362. The number of piperazine rings is 1. The number of benzene rings is 1. The first-order chi connectivity index (χ1) is 18.0. The van der Waals surface area contributed by atoms with E-state index in [0.717, 1.165) is 0 Å². The lowest BCUT2D eigenvalue weighted by molar-refractivity contribution is -0.111. The molecule has 9 nitrogen and oxygen atoms in total. The highest BCUT2D eigenvalue weighted by atomic mass is 35.5. The average molecular weight is 553 g/mol. The molecule has 1 aliphatic heterocycles. The summed E-state index contributed by atoms with van der Waals surface area (Å²) in [5, 5.41) is 13.2. The monoisotopic (exact) mass is 552 g/mol.